The van der Waals surface area contributed by atoms with E-state index in [9.17, 15) is 18.0 Å². The molecule has 0 radical (unpaired) electrons. The zero-order chi connectivity index (χ0) is 17.6. The van der Waals surface area contributed by atoms with Crippen LogP contribution < -0.4 is 5.32 Å². The van der Waals surface area contributed by atoms with Gasteiger partial charge in [0.15, 0.2) is 6.61 Å². The molecule has 0 aliphatic carbocycles. The van der Waals surface area contributed by atoms with Crippen LogP contribution >= 0.6 is 11.6 Å². The number of hydrogen-bond acceptors (Lipinski definition) is 5. The van der Waals surface area contributed by atoms with Gasteiger partial charge in [-0.3, -0.25) is 9.59 Å². The fourth-order valence-corrected chi connectivity index (χ4v) is 2.99. The molecular weight excluding hydrogens is 344 g/mol. The van der Waals surface area contributed by atoms with Crippen LogP contribution in [0.1, 0.15) is 19.8 Å². The second kappa shape index (κ2) is 8.28. The molecule has 0 saturated heterocycles. The molecule has 0 fully saturated rings. The topological polar surface area (TPSA) is 92.8 Å². The SMILES string of the molecule is CCCC(=O)OCC(=O)Nc1ccc(Cl)c(S(=O)(=O)N(C)C)c1. The Kier molecular flexibility index (Phi) is 6.99. The first-order valence-corrected chi connectivity index (χ1v) is 8.67. The van der Waals surface area contributed by atoms with Crippen molar-refractivity contribution in [2.24, 2.45) is 0 Å². The number of ether oxygens (including phenoxy) is 1. The van der Waals surface area contributed by atoms with Gasteiger partial charge in [0.25, 0.3) is 5.91 Å². The van der Waals surface area contributed by atoms with E-state index in [1.54, 1.807) is 0 Å². The molecule has 0 bridgehead atoms. The molecule has 9 heteroatoms. The van der Waals surface area contributed by atoms with Gasteiger partial charge in [-0.15, -0.1) is 0 Å². The number of sulfonamides is 1. The van der Waals surface area contributed by atoms with Crippen molar-refractivity contribution >= 4 is 39.2 Å². The summed E-state index contributed by atoms with van der Waals surface area (Å²) in [7, 11) is -0.976. The highest BCUT2D eigenvalue weighted by Gasteiger charge is 2.21. The zero-order valence-electron chi connectivity index (χ0n) is 13.1. The average molecular weight is 363 g/mol. The van der Waals surface area contributed by atoms with E-state index in [1.165, 1.54) is 32.3 Å². The third-order valence-corrected chi connectivity index (χ3v) is 5.09. The maximum absolute atomic E-state index is 12.1. The van der Waals surface area contributed by atoms with Gasteiger partial charge < -0.3 is 10.1 Å². The minimum atomic E-state index is -3.73. The van der Waals surface area contributed by atoms with Crippen molar-refractivity contribution in [1.29, 1.82) is 0 Å². The lowest BCUT2D eigenvalue weighted by Crippen LogP contribution is -2.23. The molecule has 1 rings (SSSR count). The quantitative estimate of drug-likeness (QED) is 0.747. The van der Waals surface area contributed by atoms with Crippen molar-refractivity contribution in [1.82, 2.24) is 4.31 Å². The number of nitrogens with one attached hydrogen (secondary N) is 1. The Morgan fingerprint density at radius 1 is 1.30 bits per heavy atom. The first kappa shape index (κ1) is 19.4. The predicted octanol–water partition coefficient (Wildman–Crippen LogP) is 1.87. The number of benzene rings is 1. The van der Waals surface area contributed by atoms with Crippen LogP contribution in [0.25, 0.3) is 0 Å². The third kappa shape index (κ3) is 5.49. The molecule has 23 heavy (non-hydrogen) atoms. The highest BCUT2D eigenvalue weighted by molar-refractivity contribution is 7.89. The Morgan fingerprint density at radius 3 is 2.52 bits per heavy atom. The van der Waals surface area contributed by atoms with Crippen LogP contribution in [0.2, 0.25) is 5.02 Å². The second-order valence-corrected chi connectivity index (χ2v) is 7.42. The van der Waals surface area contributed by atoms with Crippen molar-refractivity contribution < 1.29 is 22.7 Å². The van der Waals surface area contributed by atoms with Gasteiger partial charge in [-0.1, -0.05) is 18.5 Å². The minimum Gasteiger partial charge on any atom is -0.456 e. The van der Waals surface area contributed by atoms with Crippen LogP contribution in [0, 0.1) is 0 Å². The second-order valence-electron chi connectivity index (χ2n) is 4.89. The normalized spacial score (nSPS) is 11.3. The summed E-state index contributed by atoms with van der Waals surface area (Å²) in [5, 5.41) is 2.51. The Bertz CT molecular complexity index is 688. The van der Waals surface area contributed by atoms with Crippen molar-refractivity contribution in [3.8, 4) is 0 Å². The molecule has 128 valence electrons. The lowest BCUT2D eigenvalue weighted by atomic mass is 10.3. The molecule has 0 heterocycles. The van der Waals surface area contributed by atoms with Crippen LogP contribution in [0.3, 0.4) is 0 Å². The van der Waals surface area contributed by atoms with Gasteiger partial charge in [0, 0.05) is 26.2 Å². The molecule has 0 atom stereocenters. The molecule has 1 aromatic carbocycles. The maximum atomic E-state index is 12.1. The first-order chi connectivity index (χ1) is 10.7. The Hall–Kier alpha value is -1.64. The zero-order valence-corrected chi connectivity index (χ0v) is 14.7. The van der Waals surface area contributed by atoms with Crippen molar-refractivity contribution in [3.63, 3.8) is 0 Å². The van der Waals surface area contributed by atoms with Crippen LogP contribution in [0.4, 0.5) is 5.69 Å². The molecule has 1 N–H and O–H groups in total. The van der Waals surface area contributed by atoms with E-state index in [-0.39, 0.29) is 22.0 Å². The Balaban J connectivity index is 2.83. The number of esters is 1. The first-order valence-electron chi connectivity index (χ1n) is 6.86. The summed E-state index contributed by atoms with van der Waals surface area (Å²) < 4.78 is 30.1. The van der Waals surface area contributed by atoms with Crippen molar-refractivity contribution in [2.45, 2.75) is 24.7 Å². The number of carbonyl (C=O) groups is 2. The molecule has 0 aromatic heterocycles. The van der Waals surface area contributed by atoms with E-state index in [1.807, 2.05) is 6.92 Å². The monoisotopic (exact) mass is 362 g/mol. The van der Waals surface area contributed by atoms with Gasteiger partial charge in [-0.2, -0.15) is 0 Å². The van der Waals surface area contributed by atoms with E-state index >= 15 is 0 Å². The highest BCUT2D eigenvalue weighted by atomic mass is 35.5. The van der Waals surface area contributed by atoms with Gasteiger partial charge in [-0.05, 0) is 24.6 Å². The average Bonchev–Trinajstić information content (AvgIpc) is 2.47. The molecule has 7 nitrogen and oxygen atoms in total. The summed E-state index contributed by atoms with van der Waals surface area (Å²) in [6.07, 6.45) is 0.864. The predicted molar refractivity (Wildman–Crippen MR) is 86.8 cm³/mol. The summed E-state index contributed by atoms with van der Waals surface area (Å²) in [4.78, 5) is 22.8. The molecule has 0 saturated carbocycles. The minimum absolute atomic E-state index is 0.0473. The maximum Gasteiger partial charge on any atom is 0.306 e. The molecule has 0 aliphatic heterocycles. The Morgan fingerprint density at radius 2 is 1.96 bits per heavy atom. The van der Waals surface area contributed by atoms with Crippen molar-refractivity contribution in [2.75, 3.05) is 26.0 Å². The molecule has 1 amide bonds. The van der Waals surface area contributed by atoms with Crippen LogP contribution in [-0.2, 0) is 24.3 Å². The fraction of sp³-hybridized carbons (Fsp3) is 0.429. The number of rotatable bonds is 7. The molecular formula is C14H19ClN2O5S. The molecule has 0 aliphatic rings. The van der Waals surface area contributed by atoms with E-state index in [0.717, 1.165) is 4.31 Å². The van der Waals surface area contributed by atoms with E-state index in [2.05, 4.69) is 5.32 Å². The standard InChI is InChI=1S/C14H19ClN2O5S/c1-4-5-14(19)22-9-13(18)16-10-6-7-11(15)12(8-10)23(20,21)17(2)3/h6-8H,4-5,9H2,1-3H3,(H,16,18). The van der Waals surface area contributed by atoms with E-state index in [4.69, 9.17) is 16.3 Å². The van der Waals surface area contributed by atoms with Gasteiger partial charge >= 0.3 is 5.97 Å². The summed E-state index contributed by atoms with van der Waals surface area (Å²) in [6.45, 7) is 1.39. The number of nitrogens with zero attached hydrogens (tertiary/aromatic N) is 1. The van der Waals surface area contributed by atoms with Crippen LogP contribution in [-0.4, -0.2) is 45.3 Å². The largest absolute Gasteiger partial charge is 0.456 e. The summed E-state index contributed by atoms with van der Waals surface area (Å²) in [5.41, 5.74) is 0.242. The number of anilines is 1. The summed E-state index contributed by atoms with van der Waals surface area (Å²) >= 11 is 5.91. The fourth-order valence-electron chi connectivity index (χ4n) is 1.59. The third-order valence-electron chi connectivity index (χ3n) is 2.79. The van der Waals surface area contributed by atoms with Crippen molar-refractivity contribution in [3.05, 3.63) is 23.2 Å². The molecule has 0 unspecified atom stereocenters. The number of hydrogen-bond donors (Lipinski definition) is 1. The highest BCUT2D eigenvalue weighted by Crippen LogP contribution is 2.26. The lowest BCUT2D eigenvalue weighted by molar-refractivity contribution is -0.147. The Labute approximate surface area is 140 Å². The van der Waals surface area contributed by atoms with Crippen LogP contribution in [0.15, 0.2) is 23.1 Å². The van der Waals surface area contributed by atoms with Crippen LogP contribution in [0.5, 0.6) is 0 Å². The van der Waals surface area contributed by atoms with Gasteiger partial charge in [0.1, 0.15) is 4.90 Å². The van der Waals surface area contributed by atoms with E-state index in [0.29, 0.717) is 6.42 Å². The summed E-state index contributed by atoms with van der Waals surface area (Å²) in [6, 6.07) is 4.09. The molecule has 0 spiro atoms. The van der Waals surface area contributed by atoms with E-state index < -0.39 is 28.5 Å². The van der Waals surface area contributed by atoms with Gasteiger partial charge in [0.2, 0.25) is 10.0 Å². The lowest BCUT2D eigenvalue weighted by Gasteiger charge is -2.14. The van der Waals surface area contributed by atoms with Gasteiger partial charge in [-0.25, -0.2) is 12.7 Å². The summed E-state index contributed by atoms with van der Waals surface area (Å²) in [5.74, 6) is -1.03. The smallest absolute Gasteiger partial charge is 0.306 e. The molecule has 1 aromatic rings. The van der Waals surface area contributed by atoms with Gasteiger partial charge in [0.05, 0.1) is 5.02 Å². The number of amides is 1. The number of halogens is 1. The number of carbonyl (C=O) groups excluding carboxylic acids is 2.